The molecule has 0 saturated carbocycles. The van der Waals surface area contributed by atoms with Crippen LogP contribution in [0.2, 0.25) is 0 Å². The van der Waals surface area contributed by atoms with Gasteiger partial charge in [-0.25, -0.2) is 9.78 Å². The van der Waals surface area contributed by atoms with E-state index in [0.717, 1.165) is 32.1 Å². The van der Waals surface area contributed by atoms with Crippen molar-refractivity contribution in [1.82, 2.24) is 4.98 Å². The van der Waals surface area contributed by atoms with Gasteiger partial charge in [-0.05, 0) is 36.6 Å². The van der Waals surface area contributed by atoms with Crippen LogP contribution in [0.1, 0.15) is 5.56 Å². The van der Waals surface area contributed by atoms with Crippen molar-refractivity contribution in [1.29, 1.82) is 0 Å². The molecular weight excluding hydrogens is 326 g/mol. The SMILES string of the molecule is C=CC(=O)Oc1ccc(-c2nc3ccccc3s2)cc1CSC. The number of thiazole rings is 1. The van der Waals surface area contributed by atoms with Gasteiger partial charge in [-0.2, -0.15) is 11.8 Å². The average Bonchev–Trinajstić information content (AvgIpc) is 3.00. The predicted molar refractivity (Wildman–Crippen MR) is 98.1 cm³/mol. The van der Waals surface area contributed by atoms with Crippen LogP contribution in [0, 0.1) is 0 Å². The van der Waals surface area contributed by atoms with Gasteiger partial charge < -0.3 is 4.74 Å². The number of hydrogen-bond acceptors (Lipinski definition) is 5. The van der Waals surface area contributed by atoms with Crippen molar-refractivity contribution in [2.75, 3.05) is 6.26 Å². The third-order valence-electron chi connectivity index (χ3n) is 3.28. The molecule has 0 aliphatic carbocycles. The van der Waals surface area contributed by atoms with E-state index >= 15 is 0 Å². The van der Waals surface area contributed by atoms with E-state index in [9.17, 15) is 4.79 Å². The monoisotopic (exact) mass is 341 g/mol. The van der Waals surface area contributed by atoms with Gasteiger partial charge in [-0.3, -0.25) is 0 Å². The Bertz CT molecular complexity index is 837. The van der Waals surface area contributed by atoms with Gasteiger partial charge in [0.25, 0.3) is 0 Å². The molecule has 0 spiro atoms. The first-order valence-corrected chi connectivity index (χ1v) is 9.24. The van der Waals surface area contributed by atoms with E-state index in [1.807, 2.05) is 42.7 Å². The number of benzene rings is 2. The number of aromatic nitrogens is 1. The molecular formula is C18H15NO2S2. The molecule has 3 aromatic rings. The fourth-order valence-corrected chi connectivity index (χ4v) is 3.72. The summed E-state index contributed by atoms with van der Waals surface area (Å²) in [7, 11) is 0. The molecule has 0 radical (unpaired) electrons. The summed E-state index contributed by atoms with van der Waals surface area (Å²) in [5.41, 5.74) is 3.01. The molecule has 0 aliphatic heterocycles. The Morgan fingerprint density at radius 3 is 2.91 bits per heavy atom. The molecule has 0 aliphatic rings. The van der Waals surface area contributed by atoms with Crippen molar-refractivity contribution in [3.8, 4) is 16.3 Å². The van der Waals surface area contributed by atoms with Crippen molar-refractivity contribution >= 4 is 39.3 Å². The number of nitrogens with zero attached hydrogens (tertiary/aromatic N) is 1. The first-order valence-electron chi connectivity index (χ1n) is 7.03. The molecule has 0 amide bonds. The van der Waals surface area contributed by atoms with Crippen molar-refractivity contribution in [2.45, 2.75) is 5.75 Å². The molecule has 2 aromatic carbocycles. The van der Waals surface area contributed by atoms with Crippen LogP contribution in [0.15, 0.2) is 55.1 Å². The molecule has 0 atom stereocenters. The number of hydrogen-bond donors (Lipinski definition) is 0. The third kappa shape index (κ3) is 3.46. The lowest BCUT2D eigenvalue weighted by molar-refractivity contribution is -0.129. The van der Waals surface area contributed by atoms with Crippen LogP contribution in [0.3, 0.4) is 0 Å². The minimum Gasteiger partial charge on any atom is -0.423 e. The zero-order valence-corrected chi connectivity index (χ0v) is 14.2. The predicted octanol–water partition coefficient (Wildman–Crippen LogP) is 4.92. The number of carbonyl (C=O) groups excluding carboxylic acids is 1. The van der Waals surface area contributed by atoms with Gasteiger partial charge in [0.1, 0.15) is 10.8 Å². The second-order valence-electron chi connectivity index (χ2n) is 4.87. The standard InChI is InChI=1S/C18H15NO2S2/c1-3-17(20)21-15-9-8-12(10-13(15)11-22-2)18-19-14-6-4-5-7-16(14)23-18/h3-10H,1,11H2,2H3. The third-order valence-corrected chi connectivity index (χ3v) is 4.96. The number of carbonyl (C=O) groups is 1. The molecule has 3 nitrogen and oxygen atoms in total. The molecule has 0 bridgehead atoms. The van der Waals surface area contributed by atoms with Gasteiger partial charge in [0, 0.05) is 23.0 Å². The lowest BCUT2D eigenvalue weighted by atomic mass is 10.1. The minimum absolute atomic E-state index is 0.444. The summed E-state index contributed by atoms with van der Waals surface area (Å²) in [6.45, 7) is 3.43. The summed E-state index contributed by atoms with van der Waals surface area (Å²) in [5, 5.41) is 0.968. The van der Waals surface area contributed by atoms with Gasteiger partial charge in [0.15, 0.2) is 0 Å². The average molecular weight is 341 g/mol. The van der Waals surface area contributed by atoms with Gasteiger partial charge in [0.05, 0.1) is 10.2 Å². The maximum atomic E-state index is 11.5. The number of para-hydroxylation sites is 1. The van der Waals surface area contributed by atoms with Crippen LogP contribution in [0.25, 0.3) is 20.8 Å². The lowest BCUT2D eigenvalue weighted by Crippen LogP contribution is -2.05. The number of esters is 1. The first kappa shape index (κ1) is 15.8. The van der Waals surface area contributed by atoms with Gasteiger partial charge in [0.2, 0.25) is 0 Å². The Morgan fingerprint density at radius 1 is 1.35 bits per heavy atom. The quantitative estimate of drug-likeness (QED) is 0.375. The maximum absolute atomic E-state index is 11.5. The molecule has 0 N–H and O–H groups in total. The second kappa shape index (κ2) is 6.98. The molecule has 0 unspecified atom stereocenters. The van der Waals surface area contributed by atoms with Gasteiger partial charge in [-0.15, -0.1) is 11.3 Å². The minimum atomic E-state index is -0.444. The molecule has 23 heavy (non-hydrogen) atoms. The molecule has 1 aromatic heterocycles. The smallest absolute Gasteiger partial charge is 0.335 e. The van der Waals surface area contributed by atoms with E-state index in [1.54, 1.807) is 23.1 Å². The summed E-state index contributed by atoms with van der Waals surface area (Å²) < 4.78 is 6.47. The highest BCUT2D eigenvalue weighted by Crippen LogP contribution is 2.33. The zero-order valence-electron chi connectivity index (χ0n) is 12.6. The zero-order chi connectivity index (χ0) is 16.2. The van der Waals surface area contributed by atoms with Gasteiger partial charge >= 0.3 is 5.97 Å². The Kier molecular flexibility index (Phi) is 4.79. The number of rotatable bonds is 5. The van der Waals surface area contributed by atoms with Crippen molar-refractivity contribution in [2.24, 2.45) is 0 Å². The summed E-state index contributed by atoms with van der Waals surface area (Å²) in [6, 6.07) is 13.9. The maximum Gasteiger partial charge on any atom is 0.335 e. The summed E-state index contributed by atoms with van der Waals surface area (Å²) in [6.07, 6.45) is 3.19. The van der Waals surface area contributed by atoms with Crippen molar-refractivity contribution in [3.05, 3.63) is 60.7 Å². The number of thioether (sulfide) groups is 1. The van der Waals surface area contributed by atoms with Gasteiger partial charge in [-0.1, -0.05) is 18.7 Å². The fraction of sp³-hybridized carbons (Fsp3) is 0.111. The molecule has 3 rings (SSSR count). The highest BCUT2D eigenvalue weighted by Gasteiger charge is 2.11. The van der Waals surface area contributed by atoms with E-state index in [1.165, 1.54) is 6.08 Å². The van der Waals surface area contributed by atoms with Crippen LogP contribution < -0.4 is 4.74 Å². The lowest BCUT2D eigenvalue weighted by Gasteiger charge is -2.09. The van der Waals surface area contributed by atoms with E-state index in [-0.39, 0.29) is 0 Å². The topological polar surface area (TPSA) is 39.2 Å². The Balaban J connectivity index is 2.00. The molecule has 0 saturated heterocycles. The number of ether oxygens (including phenoxy) is 1. The second-order valence-corrected chi connectivity index (χ2v) is 6.76. The van der Waals surface area contributed by atoms with E-state index in [4.69, 9.17) is 4.74 Å². The van der Waals surface area contributed by atoms with E-state index in [2.05, 4.69) is 17.6 Å². The highest BCUT2D eigenvalue weighted by atomic mass is 32.2. The highest BCUT2D eigenvalue weighted by molar-refractivity contribution is 7.97. The first-order chi connectivity index (χ1) is 11.2. The molecule has 5 heteroatoms. The fourth-order valence-electron chi connectivity index (χ4n) is 2.23. The van der Waals surface area contributed by atoms with E-state index < -0.39 is 5.97 Å². The summed E-state index contributed by atoms with van der Waals surface area (Å²) >= 11 is 3.34. The number of fused-ring (bicyclic) bond motifs is 1. The Labute approximate surface area is 143 Å². The van der Waals surface area contributed by atoms with Crippen molar-refractivity contribution < 1.29 is 9.53 Å². The largest absolute Gasteiger partial charge is 0.423 e. The van der Waals surface area contributed by atoms with Crippen molar-refractivity contribution in [3.63, 3.8) is 0 Å². The molecule has 1 heterocycles. The normalized spacial score (nSPS) is 10.7. The molecule has 116 valence electrons. The molecule has 0 fully saturated rings. The van der Waals surface area contributed by atoms with Crippen LogP contribution in [-0.2, 0) is 10.5 Å². The van der Waals surface area contributed by atoms with Crippen LogP contribution in [0.5, 0.6) is 5.75 Å². The van der Waals surface area contributed by atoms with Crippen LogP contribution in [-0.4, -0.2) is 17.2 Å². The summed E-state index contributed by atoms with van der Waals surface area (Å²) in [5.74, 6) is 0.896. The summed E-state index contributed by atoms with van der Waals surface area (Å²) in [4.78, 5) is 16.1. The van der Waals surface area contributed by atoms with Crippen LogP contribution >= 0.6 is 23.1 Å². The van der Waals surface area contributed by atoms with Crippen LogP contribution in [0.4, 0.5) is 0 Å². The Morgan fingerprint density at radius 2 is 2.17 bits per heavy atom. The van der Waals surface area contributed by atoms with E-state index in [0.29, 0.717) is 5.75 Å². The Hall–Kier alpha value is -2.11.